The summed E-state index contributed by atoms with van der Waals surface area (Å²) >= 11 is 0. The molecule has 94 valence electrons. The summed E-state index contributed by atoms with van der Waals surface area (Å²) in [5.41, 5.74) is 0. The fourth-order valence-corrected chi connectivity index (χ4v) is 2.82. The first-order chi connectivity index (χ1) is 8.26. The molecule has 1 aliphatic carbocycles. The van der Waals surface area contributed by atoms with Crippen LogP contribution < -0.4 is 0 Å². The Morgan fingerprint density at radius 1 is 1.47 bits per heavy atom. The molecule has 0 amide bonds. The topological polar surface area (TPSA) is 34.9 Å². The van der Waals surface area contributed by atoms with Gasteiger partial charge < -0.3 is 4.57 Å². The summed E-state index contributed by atoms with van der Waals surface area (Å²) < 4.78 is 2.00. The van der Waals surface area contributed by atoms with Crippen LogP contribution in [-0.4, -0.2) is 15.3 Å². The van der Waals surface area contributed by atoms with Crippen molar-refractivity contribution >= 4 is 5.78 Å². The van der Waals surface area contributed by atoms with Crippen LogP contribution in [0.1, 0.15) is 56.6 Å². The zero-order chi connectivity index (χ0) is 12.3. The molecule has 1 saturated carbocycles. The van der Waals surface area contributed by atoms with Crippen LogP contribution in [0, 0.1) is 11.8 Å². The summed E-state index contributed by atoms with van der Waals surface area (Å²) in [6, 6.07) is 0. The third-order valence-electron chi connectivity index (χ3n) is 3.89. The van der Waals surface area contributed by atoms with Crippen LogP contribution in [0.25, 0.3) is 0 Å². The molecule has 1 aromatic heterocycles. The Balaban J connectivity index is 2.06. The molecule has 0 N–H and O–H groups in total. The number of nitrogens with zero attached hydrogens (tertiary/aromatic N) is 2. The monoisotopic (exact) mass is 234 g/mol. The number of rotatable bonds is 5. The summed E-state index contributed by atoms with van der Waals surface area (Å²) in [6.07, 6.45) is 9.23. The fourth-order valence-electron chi connectivity index (χ4n) is 2.82. The fraction of sp³-hybridized carbons (Fsp3) is 0.714. The van der Waals surface area contributed by atoms with Gasteiger partial charge in [0.05, 0.1) is 0 Å². The van der Waals surface area contributed by atoms with Gasteiger partial charge in [-0.1, -0.05) is 20.3 Å². The largest absolute Gasteiger partial charge is 0.329 e. The van der Waals surface area contributed by atoms with Crippen molar-refractivity contribution in [1.29, 1.82) is 0 Å². The third-order valence-corrected chi connectivity index (χ3v) is 3.89. The Hall–Kier alpha value is -1.12. The van der Waals surface area contributed by atoms with Crippen LogP contribution in [0.15, 0.2) is 12.4 Å². The van der Waals surface area contributed by atoms with Gasteiger partial charge in [-0.3, -0.25) is 4.79 Å². The van der Waals surface area contributed by atoms with Gasteiger partial charge in [-0.2, -0.15) is 0 Å². The average molecular weight is 234 g/mol. The molecule has 2 atom stereocenters. The van der Waals surface area contributed by atoms with Crippen LogP contribution in [0.4, 0.5) is 0 Å². The standard InChI is InChI=1S/C14H22N2O/c1-3-8-16-9-7-15-14(16)13(17)12-6-5-11(4-2)10-12/h7,9,11-12H,3-6,8,10H2,1-2H3. The van der Waals surface area contributed by atoms with Crippen molar-refractivity contribution in [2.24, 2.45) is 11.8 Å². The van der Waals surface area contributed by atoms with Gasteiger partial charge >= 0.3 is 0 Å². The second kappa shape index (κ2) is 5.48. The Bertz CT molecular complexity index is 383. The zero-order valence-corrected chi connectivity index (χ0v) is 10.9. The SMILES string of the molecule is CCCn1ccnc1C(=O)C1CCC(CC)C1. The summed E-state index contributed by atoms with van der Waals surface area (Å²) in [7, 11) is 0. The van der Waals surface area contributed by atoms with Crippen LogP contribution in [0.2, 0.25) is 0 Å². The number of ketones is 1. The van der Waals surface area contributed by atoms with Crippen molar-refractivity contribution < 1.29 is 4.79 Å². The molecule has 1 fully saturated rings. The predicted molar refractivity (Wildman–Crippen MR) is 68.0 cm³/mol. The van der Waals surface area contributed by atoms with Crippen molar-refractivity contribution in [2.75, 3.05) is 0 Å². The van der Waals surface area contributed by atoms with Crippen LogP contribution in [0.5, 0.6) is 0 Å². The Labute approximate surface area is 103 Å². The highest BCUT2D eigenvalue weighted by molar-refractivity contribution is 5.94. The summed E-state index contributed by atoms with van der Waals surface area (Å²) in [6.45, 7) is 5.23. The molecular weight excluding hydrogens is 212 g/mol. The van der Waals surface area contributed by atoms with E-state index in [9.17, 15) is 4.79 Å². The highest BCUT2D eigenvalue weighted by Crippen LogP contribution is 2.34. The molecule has 0 aliphatic heterocycles. The van der Waals surface area contributed by atoms with E-state index in [4.69, 9.17) is 0 Å². The van der Waals surface area contributed by atoms with E-state index >= 15 is 0 Å². The maximum Gasteiger partial charge on any atom is 0.201 e. The van der Waals surface area contributed by atoms with E-state index in [1.807, 2.05) is 10.8 Å². The molecule has 3 nitrogen and oxygen atoms in total. The van der Waals surface area contributed by atoms with Gasteiger partial charge in [0.15, 0.2) is 5.82 Å². The molecule has 1 heterocycles. The average Bonchev–Trinajstić information content (AvgIpc) is 2.97. The molecule has 0 aromatic carbocycles. The number of imidazole rings is 1. The van der Waals surface area contributed by atoms with Crippen LogP contribution >= 0.6 is 0 Å². The number of aromatic nitrogens is 2. The molecular formula is C14H22N2O. The lowest BCUT2D eigenvalue weighted by atomic mass is 9.99. The normalized spacial score (nSPS) is 24.1. The molecule has 1 aromatic rings. The molecule has 0 radical (unpaired) electrons. The maximum absolute atomic E-state index is 12.4. The van der Waals surface area contributed by atoms with Crippen molar-refractivity contribution in [2.45, 2.75) is 52.5 Å². The van der Waals surface area contributed by atoms with E-state index in [1.165, 1.54) is 12.8 Å². The molecule has 17 heavy (non-hydrogen) atoms. The van der Waals surface area contributed by atoms with Crippen molar-refractivity contribution in [3.8, 4) is 0 Å². The number of carbonyl (C=O) groups is 1. The van der Waals surface area contributed by atoms with Gasteiger partial charge in [-0.25, -0.2) is 4.98 Å². The second-order valence-electron chi connectivity index (χ2n) is 5.09. The number of Topliss-reactive ketones (excluding diaryl/α,β-unsaturated/α-hetero) is 1. The smallest absolute Gasteiger partial charge is 0.201 e. The van der Waals surface area contributed by atoms with E-state index < -0.39 is 0 Å². The highest BCUT2D eigenvalue weighted by Gasteiger charge is 2.31. The number of hydrogen-bond donors (Lipinski definition) is 0. The molecule has 0 saturated heterocycles. The van der Waals surface area contributed by atoms with Crippen molar-refractivity contribution in [3.63, 3.8) is 0 Å². The number of hydrogen-bond acceptors (Lipinski definition) is 2. The number of carbonyl (C=O) groups excluding carboxylic acids is 1. The van der Waals surface area contributed by atoms with E-state index in [1.54, 1.807) is 6.20 Å². The minimum Gasteiger partial charge on any atom is -0.329 e. The van der Waals surface area contributed by atoms with Crippen LogP contribution in [0.3, 0.4) is 0 Å². The van der Waals surface area contributed by atoms with Crippen molar-refractivity contribution in [3.05, 3.63) is 18.2 Å². The number of aryl methyl sites for hydroxylation is 1. The predicted octanol–water partition coefficient (Wildman–Crippen LogP) is 3.30. The summed E-state index contributed by atoms with van der Waals surface area (Å²) in [5.74, 6) is 1.91. The minimum absolute atomic E-state index is 0.220. The lowest BCUT2D eigenvalue weighted by molar-refractivity contribution is 0.0904. The Kier molecular flexibility index (Phi) is 3.97. The van der Waals surface area contributed by atoms with Gasteiger partial charge in [-0.05, 0) is 31.6 Å². The highest BCUT2D eigenvalue weighted by atomic mass is 16.1. The quantitative estimate of drug-likeness (QED) is 0.733. The van der Waals surface area contributed by atoms with E-state index in [-0.39, 0.29) is 11.7 Å². The Morgan fingerprint density at radius 2 is 2.29 bits per heavy atom. The van der Waals surface area contributed by atoms with E-state index in [0.717, 1.165) is 31.7 Å². The third kappa shape index (κ3) is 2.59. The van der Waals surface area contributed by atoms with Gasteiger partial charge in [-0.15, -0.1) is 0 Å². The molecule has 1 aliphatic rings. The molecule has 3 heteroatoms. The first kappa shape index (κ1) is 12.3. The summed E-state index contributed by atoms with van der Waals surface area (Å²) in [4.78, 5) is 16.6. The van der Waals surface area contributed by atoms with Crippen molar-refractivity contribution in [1.82, 2.24) is 9.55 Å². The molecule has 0 spiro atoms. The zero-order valence-electron chi connectivity index (χ0n) is 10.9. The molecule has 2 unspecified atom stereocenters. The van der Waals surface area contributed by atoms with Gasteiger partial charge in [0.25, 0.3) is 0 Å². The van der Waals surface area contributed by atoms with Gasteiger partial charge in [0.2, 0.25) is 5.78 Å². The van der Waals surface area contributed by atoms with Gasteiger partial charge in [0, 0.05) is 24.9 Å². The van der Waals surface area contributed by atoms with Gasteiger partial charge in [0.1, 0.15) is 0 Å². The van der Waals surface area contributed by atoms with E-state index in [2.05, 4.69) is 18.8 Å². The minimum atomic E-state index is 0.220. The molecule has 0 bridgehead atoms. The first-order valence-electron chi connectivity index (χ1n) is 6.81. The molecule has 2 rings (SSSR count). The maximum atomic E-state index is 12.4. The first-order valence-corrected chi connectivity index (χ1v) is 6.81. The summed E-state index contributed by atoms with van der Waals surface area (Å²) in [5, 5.41) is 0. The van der Waals surface area contributed by atoms with E-state index in [0.29, 0.717) is 5.82 Å². The lowest BCUT2D eigenvalue weighted by Crippen LogP contribution is -2.17. The van der Waals surface area contributed by atoms with Crippen LogP contribution in [-0.2, 0) is 6.54 Å². The lowest BCUT2D eigenvalue weighted by Gasteiger charge is -2.10. The Morgan fingerprint density at radius 3 is 2.94 bits per heavy atom. The second-order valence-corrected chi connectivity index (χ2v) is 5.09.